The van der Waals surface area contributed by atoms with Gasteiger partial charge in [-0.25, -0.2) is 0 Å². The molecule has 26 heavy (non-hydrogen) atoms. The Bertz CT molecular complexity index is 589. The Morgan fingerprint density at radius 2 is 2.08 bits per heavy atom. The monoisotopic (exact) mass is 474 g/mol. The summed E-state index contributed by atoms with van der Waals surface area (Å²) in [4.78, 5) is 18.1. The van der Waals surface area contributed by atoms with Gasteiger partial charge < -0.3 is 20.3 Å². The number of hydrogen-bond donors (Lipinski definition) is 2. The van der Waals surface area contributed by atoms with Crippen molar-refractivity contribution in [3.8, 4) is 0 Å². The van der Waals surface area contributed by atoms with Gasteiger partial charge in [0.05, 0.1) is 26.1 Å². The fourth-order valence-electron chi connectivity index (χ4n) is 2.94. The molecule has 0 aromatic heterocycles. The molecule has 0 radical (unpaired) electrons. The number of methoxy groups -OCH3 is 1. The number of nitrogens with zero attached hydrogens (tertiary/aromatic N) is 2. The van der Waals surface area contributed by atoms with E-state index in [0.717, 1.165) is 19.6 Å². The first-order valence-corrected chi connectivity index (χ1v) is 9.10. The fourth-order valence-corrected chi connectivity index (χ4v) is 2.94. The number of guanidine groups is 1. The Kier molecular flexibility index (Phi) is 10.4. The van der Waals surface area contributed by atoms with Gasteiger partial charge in [-0.05, 0) is 44.4 Å². The summed E-state index contributed by atoms with van der Waals surface area (Å²) < 4.78 is 4.65. The third-order valence-corrected chi connectivity index (χ3v) is 4.35. The molecule has 0 saturated carbocycles. The number of rotatable bonds is 7. The van der Waals surface area contributed by atoms with Gasteiger partial charge in [0.1, 0.15) is 0 Å². The summed E-state index contributed by atoms with van der Waals surface area (Å²) in [6.45, 7) is 7.60. The summed E-state index contributed by atoms with van der Waals surface area (Å²) in [5.74, 6) is 0.469. The molecule has 1 fully saturated rings. The van der Waals surface area contributed by atoms with Crippen LogP contribution in [0.15, 0.2) is 29.3 Å². The number of esters is 1. The van der Waals surface area contributed by atoms with Crippen LogP contribution in [0, 0.1) is 0 Å². The molecule has 6 nitrogen and oxygen atoms in total. The lowest BCUT2D eigenvalue weighted by Gasteiger charge is -2.22. The van der Waals surface area contributed by atoms with E-state index >= 15 is 0 Å². The van der Waals surface area contributed by atoms with Crippen LogP contribution in [0.3, 0.4) is 0 Å². The lowest BCUT2D eigenvalue weighted by Crippen LogP contribution is -2.39. The van der Waals surface area contributed by atoms with Gasteiger partial charge in [0.2, 0.25) is 0 Å². The molecule has 1 aromatic carbocycles. The molecule has 0 aliphatic carbocycles. The average Bonchev–Trinajstić information content (AvgIpc) is 3.16. The zero-order valence-corrected chi connectivity index (χ0v) is 18.3. The van der Waals surface area contributed by atoms with Crippen molar-refractivity contribution >= 4 is 41.6 Å². The van der Waals surface area contributed by atoms with Crippen LogP contribution in [0.1, 0.15) is 44.7 Å². The molecule has 0 bridgehead atoms. The van der Waals surface area contributed by atoms with Gasteiger partial charge in [0, 0.05) is 25.3 Å². The van der Waals surface area contributed by atoms with E-state index in [1.807, 2.05) is 6.92 Å². The van der Waals surface area contributed by atoms with Gasteiger partial charge in [-0.15, -0.1) is 24.0 Å². The molecule has 2 N–H and O–H groups in total. The second-order valence-electron chi connectivity index (χ2n) is 6.24. The van der Waals surface area contributed by atoms with E-state index < -0.39 is 0 Å². The van der Waals surface area contributed by atoms with Crippen LogP contribution in [0.25, 0.3) is 0 Å². The molecule has 1 aliphatic heterocycles. The van der Waals surface area contributed by atoms with Gasteiger partial charge in [-0.3, -0.25) is 9.79 Å². The van der Waals surface area contributed by atoms with Gasteiger partial charge in [-0.1, -0.05) is 12.1 Å². The molecular formula is C19H31IN4O2. The highest BCUT2D eigenvalue weighted by molar-refractivity contribution is 14.0. The second-order valence-corrected chi connectivity index (χ2v) is 6.24. The summed E-state index contributed by atoms with van der Waals surface area (Å²) in [5.41, 5.74) is 2.51. The van der Waals surface area contributed by atoms with Gasteiger partial charge in [-0.2, -0.15) is 0 Å². The largest absolute Gasteiger partial charge is 0.469 e. The third-order valence-electron chi connectivity index (χ3n) is 4.35. The molecule has 1 atom stereocenters. The van der Waals surface area contributed by atoms with E-state index in [2.05, 4.69) is 56.5 Å². The van der Waals surface area contributed by atoms with Crippen LogP contribution in [-0.4, -0.2) is 45.2 Å². The minimum atomic E-state index is -0.244. The lowest BCUT2D eigenvalue weighted by atomic mass is 10.1. The van der Waals surface area contributed by atoms with E-state index in [9.17, 15) is 4.79 Å². The number of carbonyl (C=O) groups is 1. The highest BCUT2D eigenvalue weighted by atomic mass is 127. The lowest BCUT2D eigenvalue weighted by molar-refractivity contribution is -0.140. The van der Waals surface area contributed by atoms with Gasteiger partial charge >= 0.3 is 5.97 Å². The molecule has 0 spiro atoms. The maximum Gasteiger partial charge on any atom is 0.307 e. The number of benzene rings is 1. The fraction of sp³-hybridized carbons (Fsp3) is 0.579. The van der Waals surface area contributed by atoms with Crippen molar-refractivity contribution < 1.29 is 9.53 Å². The number of aliphatic imine (C=N–C) groups is 1. The predicted octanol–water partition coefficient (Wildman–Crippen LogP) is 3.08. The first kappa shape index (κ1) is 22.5. The molecule has 1 aliphatic rings. The zero-order chi connectivity index (χ0) is 18.1. The van der Waals surface area contributed by atoms with E-state index in [0.29, 0.717) is 12.5 Å². The Morgan fingerprint density at radius 3 is 2.73 bits per heavy atom. The van der Waals surface area contributed by atoms with Crippen molar-refractivity contribution in [2.75, 3.05) is 38.2 Å². The van der Waals surface area contributed by atoms with Crippen molar-refractivity contribution in [2.45, 2.75) is 39.2 Å². The first-order valence-electron chi connectivity index (χ1n) is 9.10. The Morgan fingerprint density at radius 1 is 1.35 bits per heavy atom. The highest BCUT2D eigenvalue weighted by Crippen LogP contribution is 2.23. The van der Waals surface area contributed by atoms with Crippen LogP contribution < -0.4 is 15.5 Å². The molecule has 1 heterocycles. The molecule has 7 heteroatoms. The van der Waals surface area contributed by atoms with E-state index in [1.165, 1.54) is 31.2 Å². The highest BCUT2D eigenvalue weighted by Gasteiger charge is 2.14. The second kappa shape index (κ2) is 12.0. The SMILES string of the molecule is CCNC(=NCCC(=O)OC)NC(C)c1cccc(N2CCCC2)c1.I. The van der Waals surface area contributed by atoms with Crippen molar-refractivity contribution in [3.63, 3.8) is 0 Å². The molecule has 1 aromatic rings. The summed E-state index contributed by atoms with van der Waals surface area (Å²) in [6.07, 6.45) is 2.83. The molecule has 1 unspecified atom stereocenters. The van der Waals surface area contributed by atoms with Crippen LogP contribution in [0.2, 0.25) is 0 Å². The normalized spacial score (nSPS) is 15.2. The average molecular weight is 474 g/mol. The van der Waals surface area contributed by atoms with E-state index in [4.69, 9.17) is 0 Å². The Labute approximate surface area is 173 Å². The van der Waals surface area contributed by atoms with E-state index in [1.54, 1.807) is 0 Å². The Balaban J connectivity index is 0.00000338. The summed E-state index contributed by atoms with van der Waals surface area (Å²) in [6, 6.07) is 8.80. The molecule has 1 saturated heterocycles. The maximum atomic E-state index is 11.2. The third kappa shape index (κ3) is 7.01. The van der Waals surface area contributed by atoms with Crippen LogP contribution in [0.5, 0.6) is 0 Å². The van der Waals surface area contributed by atoms with Gasteiger partial charge in [0.15, 0.2) is 5.96 Å². The van der Waals surface area contributed by atoms with Crippen LogP contribution in [-0.2, 0) is 9.53 Å². The number of hydrogen-bond acceptors (Lipinski definition) is 4. The van der Waals surface area contributed by atoms with E-state index in [-0.39, 0.29) is 42.4 Å². The van der Waals surface area contributed by atoms with Crippen molar-refractivity contribution in [3.05, 3.63) is 29.8 Å². The van der Waals surface area contributed by atoms with Crippen molar-refractivity contribution in [2.24, 2.45) is 4.99 Å². The smallest absolute Gasteiger partial charge is 0.307 e. The number of ether oxygens (including phenoxy) is 1. The standard InChI is InChI=1S/C19H30N4O2.HI/c1-4-20-19(21-11-10-18(24)25-3)22-15(2)16-8-7-9-17(14-16)23-12-5-6-13-23;/h7-9,14-15H,4-6,10-13H2,1-3H3,(H2,20,21,22);1H. The maximum absolute atomic E-state index is 11.2. The predicted molar refractivity (Wildman–Crippen MR) is 117 cm³/mol. The van der Waals surface area contributed by atoms with Crippen molar-refractivity contribution in [1.82, 2.24) is 10.6 Å². The summed E-state index contributed by atoms with van der Waals surface area (Å²) >= 11 is 0. The van der Waals surface area contributed by atoms with Crippen LogP contribution in [0.4, 0.5) is 5.69 Å². The van der Waals surface area contributed by atoms with Crippen molar-refractivity contribution in [1.29, 1.82) is 0 Å². The quantitative estimate of drug-likeness (QED) is 0.275. The number of halogens is 1. The molecule has 146 valence electrons. The minimum absolute atomic E-state index is 0. The molecular weight excluding hydrogens is 443 g/mol. The van der Waals surface area contributed by atoms with Crippen LogP contribution >= 0.6 is 24.0 Å². The summed E-state index contributed by atoms with van der Waals surface area (Å²) in [7, 11) is 1.39. The van der Waals surface area contributed by atoms with Gasteiger partial charge in [0.25, 0.3) is 0 Å². The number of anilines is 1. The Hall–Kier alpha value is -1.51. The summed E-state index contributed by atoms with van der Waals surface area (Å²) in [5, 5.41) is 6.63. The number of nitrogens with one attached hydrogen (secondary N) is 2. The first-order chi connectivity index (χ1) is 12.1. The minimum Gasteiger partial charge on any atom is -0.469 e. The number of carbonyl (C=O) groups excluding carboxylic acids is 1. The molecule has 2 rings (SSSR count). The zero-order valence-electron chi connectivity index (χ0n) is 16.0. The topological polar surface area (TPSA) is 66.0 Å². The molecule has 0 amide bonds.